The van der Waals surface area contributed by atoms with Crippen molar-refractivity contribution < 1.29 is 53.7 Å². The highest BCUT2D eigenvalue weighted by Crippen LogP contribution is 2.34. The van der Waals surface area contributed by atoms with Crippen molar-refractivity contribution in [3.63, 3.8) is 0 Å². The Morgan fingerprint density at radius 2 is 1.81 bits per heavy atom. The van der Waals surface area contributed by atoms with Crippen LogP contribution in [0.15, 0.2) is 41.5 Å². The third-order valence-electron chi connectivity index (χ3n) is 13.3. The summed E-state index contributed by atoms with van der Waals surface area (Å²) >= 11 is 1.15. The molecular weight excluding hydrogens is 836 g/mol. The standard InChI is InChI=1S/C45H73FN6O10S/c1-11-37-45(7,58)41(55)29(6)51(9)22-25(2)18-36(53)39(26(3)19-27(4)42(56)61-37)62-43-38(54)34(20-28(5)60-43)50(8)17-16-32-23-52(49-48-32)35(21-46)40(59-10)31-14-12-30(13-15-31)33-24-63-44(57)47-33/h12-15,23-29,34-41,43,48-49,53-55,58H,11,16-22H2,1-10H3,(H,47,57)/t25-,26+,27-,28-,29-,34+,35-,36-,37-,38-,39-,40-,41-,43+,45-/m1/s1. The molecule has 2 fully saturated rings. The van der Waals surface area contributed by atoms with Crippen LogP contribution in [0.4, 0.5) is 4.39 Å². The second-order valence-corrected chi connectivity index (χ2v) is 19.3. The van der Waals surface area contributed by atoms with Crippen molar-refractivity contribution in [2.24, 2.45) is 17.8 Å². The van der Waals surface area contributed by atoms with Gasteiger partial charge in [-0.25, -0.2) is 9.37 Å². The van der Waals surface area contributed by atoms with Gasteiger partial charge in [0.2, 0.25) is 0 Å². The topological polar surface area (TPSA) is 202 Å². The number of carbonyl (C=O) groups is 1. The lowest BCUT2D eigenvalue weighted by atomic mass is 9.86. The summed E-state index contributed by atoms with van der Waals surface area (Å²) in [6.45, 7) is 13.0. The first kappa shape index (κ1) is 51.0. The number of alkyl halides is 1. The molecule has 0 unspecified atom stereocenters. The molecule has 5 rings (SSSR count). The minimum absolute atomic E-state index is 0.00911. The number of aromatic nitrogens is 1. The van der Waals surface area contributed by atoms with Crippen LogP contribution in [0.3, 0.4) is 0 Å². The number of cyclic esters (lactones) is 1. The first-order valence-corrected chi connectivity index (χ1v) is 23.2. The molecule has 0 amide bonds. The van der Waals surface area contributed by atoms with Crippen molar-refractivity contribution in [1.29, 1.82) is 0 Å². The molecule has 15 atom stereocenters. The van der Waals surface area contributed by atoms with Gasteiger partial charge in [0, 0.05) is 61.5 Å². The fourth-order valence-corrected chi connectivity index (χ4v) is 9.95. The number of aliphatic hydroxyl groups excluding tert-OH is 3. The maximum atomic E-state index is 14.7. The summed E-state index contributed by atoms with van der Waals surface area (Å²) in [4.78, 5) is 21.6. The van der Waals surface area contributed by atoms with E-state index >= 15 is 0 Å². The van der Waals surface area contributed by atoms with E-state index in [-0.39, 0.29) is 29.2 Å². The Labute approximate surface area is 376 Å². The van der Waals surface area contributed by atoms with Gasteiger partial charge in [-0.15, -0.1) is 5.53 Å². The number of thiazole rings is 1. The highest BCUT2D eigenvalue weighted by atomic mass is 32.1. The molecule has 0 aliphatic carbocycles. The molecule has 0 spiro atoms. The molecule has 3 aliphatic rings. The van der Waals surface area contributed by atoms with Gasteiger partial charge in [0.1, 0.15) is 42.7 Å². The van der Waals surface area contributed by atoms with E-state index in [1.807, 2.05) is 77.2 Å². The van der Waals surface area contributed by atoms with Gasteiger partial charge < -0.3 is 59.7 Å². The summed E-state index contributed by atoms with van der Waals surface area (Å²) in [5, 5.41) is 59.6. The van der Waals surface area contributed by atoms with E-state index < -0.39 is 79.2 Å². The molecule has 0 radical (unpaired) electrons. The van der Waals surface area contributed by atoms with Crippen molar-refractivity contribution in [3.05, 3.63) is 47.1 Å². The van der Waals surface area contributed by atoms with Gasteiger partial charge >= 0.3 is 5.97 Å². The Hall–Kier alpha value is -3.01. The van der Waals surface area contributed by atoms with Gasteiger partial charge in [-0.1, -0.05) is 63.3 Å². The lowest BCUT2D eigenvalue weighted by Crippen LogP contribution is -2.58. The van der Waals surface area contributed by atoms with Crippen LogP contribution in [0, 0.1) is 17.8 Å². The number of aliphatic hydroxyl groups is 4. The predicted octanol–water partition coefficient (Wildman–Crippen LogP) is 4.10. The van der Waals surface area contributed by atoms with E-state index in [4.69, 9.17) is 18.9 Å². The van der Waals surface area contributed by atoms with E-state index in [1.54, 1.807) is 31.3 Å². The van der Waals surface area contributed by atoms with E-state index in [1.165, 1.54) is 6.92 Å². The molecule has 3 aliphatic heterocycles. The number of esters is 1. The number of hydrazine groups is 2. The van der Waals surface area contributed by atoms with Gasteiger partial charge in [0.25, 0.3) is 5.19 Å². The zero-order valence-corrected chi connectivity index (χ0v) is 39.4. The predicted molar refractivity (Wildman–Crippen MR) is 237 cm³/mol. The lowest BCUT2D eigenvalue weighted by molar-refractivity contribution is -0.285. The number of methoxy groups -OCH3 is 1. The number of hydrogen-bond donors (Lipinski definition) is 7. The van der Waals surface area contributed by atoms with Crippen LogP contribution in [0.25, 0.3) is 11.3 Å². The van der Waals surface area contributed by atoms with Gasteiger partial charge in [-0.05, 0) is 77.9 Å². The van der Waals surface area contributed by atoms with Crippen molar-refractivity contribution >= 4 is 17.3 Å². The molecule has 4 heterocycles. The molecule has 0 bridgehead atoms. The Morgan fingerprint density at radius 1 is 1.11 bits per heavy atom. The molecule has 7 N–H and O–H groups in total. The zero-order chi connectivity index (χ0) is 46.3. The summed E-state index contributed by atoms with van der Waals surface area (Å²) in [6.07, 6.45) is -3.15. The molecule has 1 aromatic heterocycles. The van der Waals surface area contributed by atoms with Gasteiger partial charge in [-0.2, -0.15) is 0 Å². The Morgan fingerprint density at radius 3 is 2.43 bits per heavy atom. The third-order valence-corrected chi connectivity index (χ3v) is 14.0. The Balaban J connectivity index is 1.25. The fourth-order valence-electron chi connectivity index (χ4n) is 9.39. The zero-order valence-electron chi connectivity index (χ0n) is 38.6. The number of ether oxygens (including phenoxy) is 4. The van der Waals surface area contributed by atoms with E-state index in [2.05, 4.69) is 20.8 Å². The number of nitrogens with one attached hydrogen (secondary N) is 2. The van der Waals surface area contributed by atoms with Gasteiger partial charge in [0.15, 0.2) is 6.29 Å². The van der Waals surface area contributed by atoms with Gasteiger partial charge in [0.05, 0.1) is 29.9 Å². The lowest BCUT2D eigenvalue weighted by Gasteiger charge is -2.44. The molecule has 63 heavy (non-hydrogen) atoms. The molecule has 16 nitrogen and oxygen atoms in total. The largest absolute Gasteiger partial charge is 0.486 e. The second kappa shape index (κ2) is 22.5. The van der Waals surface area contributed by atoms with E-state index in [0.29, 0.717) is 50.9 Å². The monoisotopic (exact) mass is 909 g/mol. The summed E-state index contributed by atoms with van der Waals surface area (Å²) in [5.74, 6) is -1.57. The fraction of sp³-hybridized carbons (Fsp3) is 0.733. The van der Waals surface area contributed by atoms with Crippen LogP contribution < -0.4 is 11.0 Å². The number of rotatable bonds is 13. The number of nitrogens with zero attached hydrogens (tertiary/aromatic N) is 4. The minimum Gasteiger partial charge on any atom is -0.486 e. The summed E-state index contributed by atoms with van der Waals surface area (Å²) in [6, 6.07) is 5.92. The number of benzene rings is 1. The van der Waals surface area contributed by atoms with Gasteiger partial charge in [-0.3, -0.25) is 9.80 Å². The van der Waals surface area contributed by atoms with Crippen LogP contribution in [-0.2, 0) is 23.7 Å². The first-order valence-electron chi connectivity index (χ1n) is 22.3. The maximum Gasteiger partial charge on any atom is 0.309 e. The summed E-state index contributed by atoms with van der Waals surface area (Å²) in [7, 11) is 5.33. The minimum atomic E-state index is -1.70. The molecule has 1 aromatic carbocycles. The molecule has 356 valence electrons. The van der Waals surface area contributed by atoms with Crippen molar-refractivity contribution in [2.45, 2.75) is 153 Å². The maximum absolute atomic E-state index is 14.7. The molecule has 2 saturated heterocycles. The summed E-state index contributed by atoms with van der Waals surface area (Å²) in [5.41, 5.74) is 7.60. The highest BCUT2D eigenvalue weighted by Gasteiger charge is 2.46. The average Bonchev–Trinajstić information content (AvgIpc) is 3.91. The number of halogens is 1. The normalized spacial score (nSPS) is 35.3. The molecule has 2 aromatic rings. The Bertz CT molecular complexity index is 1780. The van der Waals surface area contributed by atoms with E-state index in [0.717, 1.165) is 28.2 Å². The van der Waals surface area contributed by atoms with Crippen molar-refractivity contribution in [1.82, 2.24) is 30.8 Å². The van der Waals surface area contributed by atoms with Crippen LogP contribution >= 0.6 is 11.3 Å². The quantitative estimate of drug-likeness (QED) is 0.142. The van der Waals surface area contributed by atoms with E-state index in [9.17, 15) is 34.7 Å². The average molecular weight is 909 g/mol. The van der Waals surface area contributed by atoms with Crippen LogP contribution in [0.5, 0.6) is 5.19 Å². The first-order chi connectivity index (χ1) is 29.8. The number of carbonyl (C=O) groups excluding carboxylic acids is 1. The SMILES string of the molecule is CC[C@H]1OC(=O)[C@H](C)C[C@H](C)[C@@H](O[C@@H]2O[C@H](C)C[C@H](N(C)CCC3=CN([C@H](CF)[C@H](OC)c4ccc(-c5csc(O)n5)cc4)NN3)[C@H]2O)[C@H](O)C[C@@H](C)CN(C)[C@H](C)[C@@H](O)[C@]1(C)O. The second-order valence-electron chi connectivity index (χ2n) is 18.5. The third kappa shape index (κ3) is 12.5. The number of aromatic hydroxyl groups is 1. The number of likely N-dealkylation sites (N-methyl/N-ethyl adjacent to an activating group) is 2. The van der Waals surface area contributed by atoms with Crippen molar-refractivity contribution in [3.8, 4) is 16.5 Å². The summed E-state index contributed by atoms with van der Waals surface area (Å²) < 4.78 is 39.3. The molecule has 18 heteroatoms. The number of hydrogen-bond acceptors (Lipinski definition) is 17. The highest BCUT2D eigenvalue weighted by molar-refractivity contribution is 7.11. The smallest absolute Gasteiger partial charge is 0.309 e. The van der Waals surface area contributed by atoms with Crippen LogP contribution in [0.2, 0.25) is 0 Å². The van der Waals surface area contributed by atoms with Crippen LogP contribution in [-0.4, -0.2) is 159 Å². The van der Waals surface area contributed by atoms with Crippen molar-refractivity contribution in [2.75, 3.05) is 41.0 Å². The Kier molecular flexibility index (Phi) is 18.2. The molecular formula is C45H73FN6O10S. The van der Waals surface area contributed by atoms with Crippen LogP contribution in [0.1, 0.15) is 92.2 Å². The molecule has 0 saturated carbocycles.